The molecule has 28 heavy (non-hydrogen) atoms. The lowest BCUT2D eigenvalue weighted by Gasteiger charge is -2.20. The number of fused-ring (bicyclic) bond motifs is 1. The van der Waals surface area contributed by atoms with Gasteiger partial charge in [0.2, 0.25) is 5.91 Å². The van der Waals surface area contributed by atoms with Gasteiger partial charge in [0.25, 0.3) is 0 Å². The summed E-state index contributed by atoms with van der Waals surface area (Å²) < 4.78 is 2.19. The van der Waals surface area contributed by atoms with Crippen LogP contribution in [0.2, 0.25) is 5.02 Å². The molecule has 4 rings (SSSR count). The average molecular weight is 396 g/mol. The summed E-state index contributed by atoms with van der Waals surface area (Å²) in [6.07, 6.45) is 5.88. The first-order valence-electron chi connectivity index (χ1n) is 10.2. The highest BCUT2D eigenvalue weighted by molar-refractivity contribution is 6.31. The number of nitrogens with zero attached hydrogens (tertiary/aromatic N) is 3. The molecule has 1 aliphatic heterocycles. The highest BCUT2D eigenvalue weighted by Crippen LogP contribution is 2.23. The molecule has 1 saturated heterocycles. The summed E-state index contributed by atoms with van der Waals surface area (Å²) in [7, 11) is 0. The van der Waals surface area contributed by atoms with Gasteiger partial charge in [0.15, 0.2) is 0 Å². The lowest BCUT2D eigenvalue weighted by molar-refractivity contribution is -0.131. The molecule has 1 fully saturated rings. The summed E-state index contributed by atoms with van der Waals surface area (Å²) in [6, 6.07) is 16.0. The van der Waals surface area contributed by atoms with Crippen LogP contribution in [-0.2, 0) is 17.8 Å². The number of imidazole rings is 1. The van der Waals surface area contributed by atoms with E-state index in [0.29, 0.717) is 19.4 Å². The van der Waals surface area contributed by atoms with Crippen LogP contribution in [0.3, 0.4) is 0 Å². The third-order valence-corrected chi connectivity index (χ3v) is 5.92. The lowest BCUT2D eigenvalue weighted by Crippen LogP contribution is -2.32. The van der Waals surface area contributed by atoms with Gasteiger partial charge in [-0.15, -0.1) is 0 Å². The van der Waals surface area contributed by atoms with Gasteiger partial charge in [0.05, 0.1) is 11.0 Å². The SMILES string of the molecule is O=C(CCn1c(Cc2ccccc2Cl)nc2ccccc21)N1CCCCCC1. The monoisotopic (exact) mass is 395 g/mol. The van der Waals surface area contributed by atoms with Crippen LogP contribution < -0.4 is 0 Å². The van der Waals surface area contributed by atoms with Crippen molar-refractivity contribution in [2.75, 3.05) is 13.1 Å². The third kappa shape index (κ3) is 4.22. The predicted molar refractivity (Wildman–Crippen MR) is 114 cm³/mol. The number of para-hydroxylation sites is 2. The Morgan fingerprint density at radius 2 is 1.68 bits per heavy atom. The molecular weight excluding hydrogens is 370 g/mol. The van der Waals surface area contributed by atoms with Crippen molar-refractivity contribution in [2.24, 2.45) is 0 Å². The fourth-order valence-electron chi connectivity index (χ4n) is 4.01. The van der Waals surface area contributed by atoms with Crippen molar-refractivity contribution in [3.8, 4) is 0 Å². The Morgan fingerprint density at radius 3 is 2.46 bits per heavy atom. The standard InChI is InChI=1S/C23H26ClN3O/c24-19-10-4-3-9-18(19)17-22-25-20-11-5-6-12-21(20)27(22)16-13-23(28)26-14-7-1-2-8-15-26/h3-6,9-12H,1-2,7-8,13-17H2. The normalized spacial score (nSPS) is 15.0. The Hall–Kier alpha value is -2.33. The van der Waals surface area contributed by atoms with E-state index in [1.807, 2.05) is 47.4 Å². The predicted octanol–water partition coefficient (Wildman–Crippen LogP) is 5.07. The summed E-state index contributed by atoms with van der Waals surface area (Å²) in [4.78, 5) is 19.7. The molecule has 4 nitrogen and oxygen atoms in total. The lowest BCUT2D eigenvalue weighted by atomic mass is 10.1. The zero-order chi connectivity index (χ0) is 19.3. The molecule has 0 unspecified atom stereocenters. The molecule has 2 aromatic carbocycles. The van der Waals surface area contributed by atoms with E-state index in [4.69, 9.17) is 16.6 Å². The second kappa shape index (κ2) is 8.78. The maximum atomic E-state index is 12.8. The minimum Gasteiger partial charge on any atom is -0.343 e. The highest BCUT2D eigenvalue weighted by atomic mass is 35.5. The van der Waals surface area contributed by atoms with E-state index < -0.39 is 0 Å². The van der Waals surface area contributed by atoms with E-state index in [2.05, 4.69) is 10.6 Å². The van der Waals surface area contributed by atoms with Gasteiger partial charge in [-0.2, -0.15) is 0 Å². The van der Waals surface area contributed by atoms with Crippen molar-refractivity contribution >= 4 is 28.5 Å². The van der Waals surface area contributed by atoms with Crippen LogP contribution in [0.5, 0.6) is 0 Å². The molecule has 0 N–H and O–H groups in total. The average Bonchev–Trinajstić information content (AvgIpc) is 2.87. The third-order valence-electron chi connectivity index (χ3n) is 5.55. The van der Waals surface area contributed by atoms with E-state index in [9.17, 15) is 4.79 Å². The van der Waals surface area contributed by atoms with E-state index in [1.165, 1.54) is 12.8 Å². The summed E-state index contributed by atoms with van der Waals surface area (Å²) >= 11 is 6.37. The molecule has 1 aromatic heterocycles. The van der Waals surface area contributed by atoms with Gasteiger partial charge in [-0.05, 0) is 36.6 Å². The van der Waals surface area contributed by atoms with Gasteiger partial charge in [-0.25, -0.2) is 4.98 Å². The molecule has 0 atom stereocenters. The topological polar surface area (TPSA) is 38.1 Å². The number of amides is 1. The number of halogens is 1. The molecule has 0 saturated carbocycles. The van der Waals surface area contributed by atoms with Crippen LogP contribution in [0, 0.1) is 0 Å². The van der Waals surface area contributed by atoms with Crippen molar-refractivity contribution in [3.63, 3.8) is 0 Å². The molecule has 0 radical (unpaired) electrons. The number of likely N-dealkylation sites (tertiary alicyclic amines) is 1. The van der Waals surface area contributed by atoms with Crippen molar-refractivity contribution < 1.29 is 4.79 Å². The van der Waals surface area contributed by atoms with Crippen LogP contribution in [0.4, 0.5) is 0 Å². The Kier molecular flexibility index (Phi) is 5.96. The first-order valence-corrected chi connectivity index (χ1v) is 10.6. The minimum absolute atomic E-state index is 0.253. The van der Waals surface area contributed by atoms with E-state index in [-0.39, 0.29) is 5.91 Å². The molecule has 146 valence electrons. The van der Waals surface area contributed by atoms with Gasteiger partial charge in [-0.1, -0.05) is 54.8 Å². The van der Waals surface area contributed by atoms with Gasteiger partial charge in [0, 0.05) is 37.5 Å². The molecule has 0 bridgehead atoms. The van der Waals surface area contributed by atoms with E-state index >= 15 is 0 Å². The Bertz CT molecular complexity index is 957. The zero-order valence-corrected chi connectivity index (χ0v) is 16.9. The van der Waals surface area contributed by atoms with Crippen LogP contribution in [0.15, 0.2) is 48.5 Å². The summed E-state index contributed by atoms with van der Waals surface area (Å²) in [5.74, 6) is 1.21. The second-order valence-corrected chi connectivity index (χ2v) is 7.89. The molecule has 3 aromatic rings. The summed E-state index contributed by atoms with van der Waals surface area (Å²) in [5, 5.41) is 0.752. The van der Waals surface area contributed by atoms with Crippen LogP contribution in [0.1, 0.15) is 43.5 Å². The summed E-state index contributed by atoms with van der Waals surface area (Å²) in [5.41, 5.74) is 3.10. The van der Waals surface area contributed by atoms with Crippen molar-refractivity contribution in [3.05, 3.63) is 64.9 Å². The smallest absolute Gasteiger partial charge is 0.224 e. The molecule has 1 amide bonds. The molecule has 1 aliphatic rings. The highest BCUT2D eigenvalue weighted by Gasteiger charge is 2.18. The molecule has 0 spiro atoms. The van der Waals surface area contributed by atoms with E-state index in [0.717, 1.165) is 53.4 Å². The van der Waals surface area contributed by atoms with Crippen molar-refractivity contribution in [2.45, 2.75) is 45.1 Å². The minimum atomic E-state index is 0.253. The Balaban J connectivity index is 1.56. The van der Waals surface area contributed by atoms with Gasteiger partial charge < -0.3 is 9.47 Å². The quantitative estimate of drug-likeness (QED) is 0.604. The number of carbonyl (C=O) groups is 1. The molecular formula is C23H26ClN3O. The van der Waals surface area contributed by atoms with Crippen LogP contribution >= 0.6 is 11.6 Å². The number of aryl methyl sites for hydroxylation is 1. The second-order valence-electron chi connectivity index (χ2n) is 7.48. The maximum absolute atomic E-state index is 12.8. The number of benzene rings is 2. The zero-order valence-electron chi connectivity index (χ0n) is 16.1. The van der Waals surface area contributed by atoms with Gasteiger partial charge in [0.1, 0.15) is 5.82 Å². The van der Waals surface area contributed by atoms with Crippen LogP contribution in [-0.4, -0.2) is 33.4 Å². The number of rotatable bonds is 5. The molecule has 2 heterocycles. The number of hydrogen-bond acceptors (Lipinski definition) is 2. The largest absolute Gasteiger partial charge is 0.343 e. The number of aromatic nitrogens is 2. The molecule has 5 heteroatoms. The number of carbonyl (C=O) groups excluding carboxylic acids is 1. The Labute approximate surface area is 171 Å². The number of hydrogen-bond donors (Lipinski definition) is 0. The van der Waals surface area contributed by atoms with Gasteiger partial charge >= 0.3 is 0 Å². The fourth-order valence-corrected chi connectivity index (χ4v) is 4.21. The van der Waals surface area contributed by atoms with Gasteiger partial charge in [-0.3, -0.25) is 4.79 Å². The molecule has 0 aliphatic carbocycles. The van der Waals surface area contributed by atoms with Crippen molar-refractivity contribution in [1.82, 2.24) is 14.5 Å². The van der Waals surface area contributed by atoms with E-state index in [1.54, 1.807) is 0 Å². The summed E-state index contributed by atoms with van der Waals surface area (Å²) in [6.45, 7) is 2.45. The first kappa shape index (κ1) is 19.0. The fraction of sp³-hybridized carbons (Fsp3) is 0.391. The maximum Gasteiger partial charge on any atom is 0.224 e. The van der Waals surface area contributed by atoms with Crippen molar-refractivity contribution in [1.29, 1.82) is 0 Å². The first-order chi connectivity index (χ1) is 13.7. The van der Waals surface area contributed by atoms with Crippen LogP contribution in [0.25, 0.3) is 11.0 Å². The Morgan fingerprint density at radius 1 is 0.964 bits per heavy atom.